The number of alkyl halides is 3. The van der Waals surface area contributed by atoms with Crippen molar-refractivity contribution in [3.63, 3.8) is 0 Å². The molecule has 0 atom stereocenters. The fraction of sp³-hybridized carbons (Fsp3) is 0.333. The maximum Gasteiger partial charge on any atom is 0.417 e. The molecule has 2 aromatic heterocycles. The topological polar surface area (TPSA) is 40.6 Å². The van der Waals surface area contributed by atoms with Crippen molar-refractivity contribution in [1.82, 2.24) is 9.80 Å². The lowest BCUT2D eigenvalue weighted by molar-refractivity contribution is -0.137. The predicted molar refractivity (Wildman–Crippen MR) is 85.4 cm³/mol. The molecule has 0 saturated carbocycles. The van der Waals surface area contributed by atoms with Crippen molar-refractivity contribution in [2.45, 2.75) is 6.18 Å². The summed E-state index contributed by atoms with van der Waals surface area (Å²) in [5.41, 5.74) is -1.21. The van der Waals surface area contributed by atoms with Crippen LogP contribution in [0.5, 0.6) is 0 Å². The van der Waals surface area contributed by atoms with Gasteiger partial charge in [0, 0.05) is 36.9 Å². The van der Waals surface area contributed by atoms with Crippen LogP contribution in [0.3, 0.4) is 0 Å². The number of hydrogen-bond acceptors (Lipinski definition) is 4. The molecule has 2 amide bonds. The predicted octanol–water partition coefficient (Wildman–Crippen LogP) is 3.43. The second-order valence-electron chi connectivity index (χ2n) is 5.26. The summed E-state index contributed by atoms with van der Waals surface area (Å²) in [5.74, 6) is -0.740. The largest absolute Gasteiger partial charge is 0.417 e. The summed E-state index contributed by atoms with van der Waals surface area (Å²) in [6.45, 7) is 1.08. The summed E-state index contributed by atoms with van der Waals surface area (Å²) < 4.78 is 38.8. The molecular weight excluding hydrogens is 361 g/mol. The first-order valence-electron chi connectivity index (χ1n) is 7.13. The Balaban J connectivity index is 1.66. The molecule has 128 valence electrons. The van der Waals surface area contributed by atoms with Crippen LogP contribution in [-0.2, 0) is 6.18 Å². The van der Waals surface area contributed by atoms with Gasteiger partial charge in [-0.25, -0.2) is 0 Å². The van der Waals surface area contributed by atoms with Gasteiger partial charge in [0.05, 0.1) is 16.0 Å². The molecule has 0 bridgehead atoms. The van der Waals surface area contributed by atoms with Crippen molar-refractivity contribution in [2.75, 3.05) is 26.2 Å². The molecule has 0 aliphatic carbocycles. The maximum absolute atomic E-state index is 12.9. The van der Waals surface area contributed by atoms with E-state index in [1.807, 2.05) is 5.38 Å². The van der Waals surface area contributed by atoms with Crippen LogP contribution in [0.1, 0.15) is 25.6 Å². The maximum atomic E-state index is 12.9. The van der Waals surface area contributed by atoms with Crippen LogP contribution in [0.2, 0.25) is 0 Å². The van der Waals surface area contributed by atoms with E-state index in [0.29, 0.717) is 18.0 Å². The van der Waals surface area contributed by atoms with E-state index >= 15 is 0 Å². The van der Waals surface area contributed by atoms with Crippen molar-refractivity contribution in [2.24, 2.45) is 0 Å². The summed E-state index contributed by atoms with van der Waals surface area (Å²) in [7, 11) is 0. The molecular formula is C15H13F3N2O2S2. The average Bonchev–Trinajstić information content (AvgIpc) is 3.24. The Kier molecular flexibility index (Phi) is 4.64. The number of carbonyl (C=O) groups excluding carboxylic acids is 2. The summed E-state index contributed by atoms with van der Waals surface area (Å²) in [6.07, 6.45) is -4.54. The number of amides is 2. The molecule has 3 heterocycles. The number of halogens is 3. The van der Waals surface area contributed by atoms with Crippen LogP contribution in [-0.4, -0.2) is 47.8 Å². The molecule has 24 heavy (non-hydrogen) atoms. The Morgan fingerprint density at radius 2 is 1.62 bits per heavy atom. The van der Waals surface area contributed by atoms with Crippen molar-refractivity contribution in [3.05, 3.63) is 44.3 Å². The number of piperazine rings is 1. The number of thiophene rings is 2. The standard InChI is InChI=1S/C15H13F3N2O2S2/c16-15(17,18)11-9-23-8-10(11)13(21)19-3-5-20(6-4-19)14(22)12-2-1-7-24-12/h1-2,7-9H,3-6H2. The zero-order valence-electron chi connectivity index (χ0n) is 12.4. The molecule has 3 rings (SSSR count). The summed E-state index contributed by atoms with van der Waals surface area (Å²) in [4.78, 5) is 28.2. The molecule has 0 spiro atoms. The number of carbonyl (C=O) groups is 2. The Hall–Kier alpha value is -1.87. The minimum Gasteiger partial charge on any atom is -0.335 e. The molecule has 9 heteroatoms. The van der Waals surface area contributed by atoms with Gasteiger partial charge in [-0.3, -0.25) is 9.59 Å². The molecule has 0 radical (unpaired) electrons. The van der Waals surface area contributed by atoms with E-state index in [2.05, 4.69) is 0 Å². The van der Waals surface area contributed by atoms with Crippen LogP contribution < -0.4 is 0 Å². The number of rotatable bonds is 2. The first-order valence-corrected chi connectivity index (χ1v) is 8.95. The van der Waals surface area contributed by atoms with E-state index in [1.165, 1.54) is 21.6 Å². The Labute approximate surface area is 144 Å². The van der Waals surface area contributed by atoms with Crippen molar-refractivity contribution >= 4 is 34.5 Å². The molecule has 2 aromatic rings. The van der Waals surface area contributed by atoms with E-state index in [1.54, 1.807) is 17.0 Å². The molecule has 4 nitrogen and oxygen atoms in total. The van der Waals surface area contributed by atoms with Crippen LogP contribution in [0.25, 0.3) is 0 Å². The summed E-state index contributed by atoms with van der Waals surface area (Å²) in [5, 5.41) is 3.99. The minimum atomic E-state index is -4.54. The zero-order chi connectivity index (χ0) is 17.3. The van der Waals surface area contributed by atoms with Gasteiger partial charge in [0.25, 0.3) is 11.8 Å². The van der Waals surface area contributed by atoms with Crippen molar-refractivity contribution in [3.8, 4) is 0 Å². The molecule has 1 aliphatic rings. The smallest absolute Gasteiger partial charge is 0.335 e. The highest BCUT2D eigenvalue weighted by Crippen LogP contribution is 2.34. The Morgan fingerprint density at radius 3 is 2.17 bits per heavy atom. The van der Waals surface area contributed by atoms with E-state index in [4.69, 9.17) is 0 Å². The van der Waals surface area contributed by atoms with Crippen LogP contribution in [0.15, 0.2) is 28.3 Å². The average molecular weight is 374 g/mol. The van der Waals surface area contributed by atoms with Gasteiger partial charge >= 0.3 is 6.18 Å². The van der Waals surface area contributed by atoms with Crippen LogP contribution in [0.4, 0.5) is 13.2 Å². The molecule has 1 aliphatic heterocycles. The summed E-state index contributed by atoms with van der Waals surface area (Å²) >= 11 is 2.20. The van der Waals surface area contributed by atoms with E-state index < -0.39 is 17.6 Å². The van der Waals surface area contributed by atoms with E-state index in [-0.39, 0.29) is 24.6 Å². The lowest BCUT2D eigenvalue weighted by Crippen LogP contribution is -2.50. The number of hydrogen-bond donors (Lipinski definition) is 0. The molecule has 1 saturated heterocycles. The second kappa shape index (κ2) is 6.56. The van der Waals surface area contributed by atoms with Crippen LogP contribution >= 0.6 is 22.7 Å². The van der Waals surface area contributed by atoms with Gasteiger partial charge in [-0.05, 0) is 11.4 Å². The van der Waals surface area contributed by atoms with Crippen molar-refractivity contribution in [1.29, 1.82) is 0 Å². The SMILES string of the molecule is O=C(c1cccs1)N1CCN(C(=O)c2cscc2C(F)(F)F)CC1. The third-order valence-electron chi connectivity index (χ3n) is 3.78. The minimum absolute atomic E-state index is 0.108. The molecule has 0 N–H and O–H groups in total. The number of nitrogens with zero attached hydrogens (tertiary/aromatic N) is 2. The lowest BCUT2D eigenvalue weighted by Gasteiger charge is -2.34. The Morgan fingerprint density at radius 1 is 1.00 bits per heavy atom. The first kappa shape index (κ1) is 17.0. The fourth-order valence-corrected chi connectivity index (χ4v) is 4.04. The zero-order valence-corrected chi connectivity index (χ0v) is 14.0. The highest BCUT2D eigenvalue weighted by atomic mass is 32.1. The third-order valence-corrected chi connectivity index (χ3v) is 5.39. The van der Waals surface area contributed by atoms with Gasteiger partial charge < -0.3 is 9.80 Å². The van der Waals surface area contributed by atoms with Gasteiger partial charge in [0.2, 0.25) is 0 Å². The van der Waals surface area contributed by atoms with Gasteiger partial charge in [0.15, 0.2) is 0 Å². The monoisotopic (exact) mass is 374 g/mol. The van der Waals surface area contributed by atoms with Gasteiger partial charge in [0.1, 0.15) is 0 Å². The molecule has 0 unspecified atom stereocenters. The Bertz CT molecular complexity index is 732. The van der Waals surface area contributed by atoms with E-state index in [0.717, 1.165) is 16.7 Å². The molecule has 1 fully saturated rings. The molecule has 0 aromatic carbocycles. The first-order chi connectivity index (χ1) is 11.4. The second-order valence-corrected chi connectivity index (χ2v) is 6.95. The fourth-order valence-electron chi connectivity index (χ4n) is 2.52. The quantitative estimate of drug-likeness (QED) is 0.808. The summed E-state index contributed by atoms with van der Waals surface area (Å²) in [6, 6.07) is 3.51. The van der Waals surface area contributed by atoms with Gasteiger partial charge in [-0.2, -0.15) is 24.5 Å². The van der Waals surface area contributed by atoms with Crippen molar-refractivity contribution < 1.29 is 22.8 Å². The van der Waals surface area contributed by atoms with Gasteiger partial charge in [-0.1, -0.05) is 6.07 Å². The highest BCUT2D eigenvalue weighted by molar-refractivity contribution is 7.12. The third kappa shape index (κ3) is 3.32. The lowest BCUT2D eigenvalue weighted by atomic mass is 10.1. The van der Waals surface area contributed by atoms with Gasteiger partial charge in [-0.15, -0.1) is 11.3 Å². The van der Waals surface area contributed by atoms with E-state index in [9.17, 15) is 22.8 Å². The van der Waals surface area contributed by atoms with Crippen LogP contribution in [0, 0.1) is 0 Å². The highest BCUT2D eigenvalue weighted by Gasteiger charge is 2.37. The normalized spacial score (nSPS) is 15.6.